The van der Waals surface area contributed by atoms with Crippen LogP contribution in [0.15, 0.2) is 36.4 Å². The van der Waals surface area contributed by atoms with Crippen molar-refractivity contribution in [3.63, 3.8) is 0 Å². The van der Waals surface area contributed by atoms with E-state index in [1.54, 1.807) is 0 Å². The number of nitrogens with one attached hydrogen (secondary N) is 1. The van der Waals surface area contributed by atoms with Gasteiger partial charge in [-0.2, -0.15) is 5.10 Å². The second kappa shape index (κ2) is 6.83. The van der Waals surface area contributed by atoms with Gasteiger partial charge < -0.3 is 5.32 Å². The Morgan fingerprint density at radius 2 is 1.92 bits per heavy atom. The summed E-state index contributed by atoms with van der Waals surface area (Å²) in [5, 5.41) is 8.33. The molecule has 24 heavy (non-hydrogen) atoms. The molecule has 3 rings (SSSR count). The van der Waals surface area contributed by atoms with Gasteiger partial charge in [0.15, 0.2) is 0 Å². The van der Waals surface area contributed by atoms with Crippen LogP contribution in [-0.2, 0) is 6.54 Å². The Hall–Kier alpha value is -2.69. The van der Waals surface area contributed by atoms with Crippen molar-refractivity contribution >= 4 is 16.8 Å². The van der Waals surface area contributed by atoms with Crippen molar-refractivity contribution in [3.05, 3.63) is 59.0 Å². The van der Waals surface area contributed by atoms with Crippen molar-refractivity contribution in [3.8, 4) is 0 Å². The highest BCUT2D eigenvalue weighted by atomic mass is 16.1. The van der Waals surface area contributed by atoms with E-state index in [4.69, 9.17) is 0 Å². The van der Waals surface area contributed by atoms with E-state index in [-0.39, 0.29) is 5.91 Å². The molecule has 1 aromatic carbocycles. The maximum atomic E-state index is 12.5. The summed E-state index contributed by atoms with van der Waals surface area (Å²) in [5.74, 6) is -0.0509. The number of carbonyl (C=O) groups is 1. The molecular formula is C19H22N4O. The fraction of sp³-hybridized carbons (Fsp3) is 0.316. The third-order valence-electron chi connectivity index (χ3n) is 4.02. The van der Waals surface area contributed by atoms with Crippen LogP contribution in [0.5, 0.6) is 0 Å². The number of amides is 1. The number of aryl methyl sites for hydroxylation is 4. The Morgan fingerprint density at radius 3 is 2.67 bits per heavy atom. The summed E-state index contributed by atoms with van der Waals surface area (Å²) in [4.78, 5) is 17.0. The van der Waals surface area contributed by atoms with E-state index in [2.05, 4.69) is 21.5 Å². The third kappa shape index (κ3) is 3.45. The molecule has 2 aromatic heterocycles. The minimum atomic E-state index is -0.0509. The molecule has 1 amide bonds. The normalized spacial score (nSPS) is 11.0. The van der Waals surface area contributed by atoms with Gasteiger partial charge >= 0.3 is 0 Å². The molecule has 1 N–H and O–H groups in total. The van der Waals surface area contributed by atoms with Crippen molar-refractivity contribution in [2.45, 2.75) is 33.7 Å². The van der Waals surface area contributed by atoms with Crippen molar-refractivity contribution in [2.75, 3.05) is 6.54 Å². The fourth-order valence-corrected chi connectivity index (χ4v) is 2.92. The van der Waals surface area contributed by atoms with Gasteiger partial charge in [-0.15, -0.1) is 0 Å². The summed E-state index contributed by atoms with van der Waals surface area (Å²) in [7, 11) is 0. The van der Waals surface area contributed by atoms with Crippen LogP contribution in [0.4, 0.5) is 0 Å². The number of para-hydroxylation sites is 1. The molecule has 0 saturated carbocycles. The van der Waals surface area contributed by atoms with Crippen LogP contribution in [0.3, 0.4) is 0 Å². The standard InChI is InChI=1S/C19H22N4O/c1-13-12-17(16-7-4-5-8-18(16)21-13)19(24)20-9-6-10-23-15(3)11-14(2)22-23/h4-5,7-8,11-12H,6,9-10H2,1-3H3,(H,20,24). The molecular weight excluding hydrogens is 300 g/mol. The minimum Gasteiger partial charge on any atom is -0.352 e. The number of nitrogens with zero attached hydrogens (tertiary/aromatic N) is 3. The lowest BCUT2D eigenvalue weighted by molar-refractivity contribution is 0.0954. The molecule has 2 heterocycles. The molecule has 0 saturated heterocycles. The summed E-state index contributed by atoms with van der Waals surface area (Å²) < 4.78 is 1.98. The molecule has 0 radical (unpaired) electrons. The first-order valence-electron chi connectivity index (χ1n) is 8.20. The van der Waals surface area contributed by atoms with Gasteiger partial charge in [-0.25, -0.2) is 0 Å². The monoisotopic (exact) mass is 322 g/mol. The van der Waals surface area contributed by atoms with Gasteiger partial charge in [0.05, 0.1) is 16.8 Å². The Bertz CT molecular complexity index is 882. The lowest BCUT2D eigenvalue weighted by Gasteiger charge is -2.09. The number of hydrogen-bond donors (Lipinski definition) is 1. The summed E-state index contributed by atoms with van der Waals surface area (Å²) in [6, 6.07) is 11.6. The van der Waals surface area contributed by atoms with Crippen molar-refractivity contribution in [1.29, 1.82) is 0 Å². The van der Waals surface area contributed by atoms with Gasteiger partial charge in [0.2, 0.25) is 0 Å². The Balaban J connectivity index is 1.64. The van der Waals surface area contributed by atoms with Crippen LogP contribution in [0.1, 0.15) is 33.9 Å². The lowest BCUT2D eigenvalue weighted by atomic mass is 10.1. The van der Waals surface area contributed by atoms with E-state index in [1.807, 2.05) is 55.8 Å². The molecule has 0 spiro atoms. The Labute approximate surface area is 141 Å². The molecule has 0 aliphatic carbocycles. The number of fused-ring (bicyclic) bond motifs is 1. The molecule has 0 bridgehead atoms. The van der Waals surface area contributed by atoms with Gasteiger partial charge in [-0.1, -0.05) is 18.2 Å². The SMILES string of the molecule is Cc1cc(C(=O)NCCCn2nc(C)cc2C)c2ccccc2n1. The zero-order valence-corrected chi connectivity index (χ0v) is 14.3. The van der Waals surface area contributed by atoms with E-state index in [0.29, 0.717) is 12.1 Å². The first kappa shape index (κ1) is 16.2. The molecule has 0 fully saturated rings. The molecule has 5 nitrogen and oxygen atoms in total. The van der Waals surface area contributed by atoms with Crippen LogP contribution >= 0.6 is 0 Å². The Morgan fingerprint density at radius 1 is 1.12 bits per heavy atom. The summed E-state index contributed by atoms with van der Waals surface area (Å²) in [6.07, 6.45) is 0.843. The van der Waals surface area contributed by atoms with Crippen molar-refractivity contribution in [1.82, 2.24) is 20.1 Å². The second-order valence-corrected chi connectivity index (χ2v) is 6.09. The molecule has 3 aromatic rings. The summed E-state index contributed by atoms with van der Waals surface area (Å²) in [5.41, 5.74) is 4.56. The quantitative estimate of drug-likeness (QED) is 0.734. The minimum absolute atomic E-state index is 0.0509. The topological polar surface area (TPSA) is 59.8 Å². The molecule has 0 atom stereocenters. The van der Waals surface area contributed by atoms with Crippen molar-refractivity contribution < 1.29 is 4.79 Å². The number of aromatic nitrogens is 3. The average molecular weight is 322 g/mol. The number of rotatable bonds is 5. The van der Waals surface area contributed by atoms with Crippen LogP contribution < -0.4 is 5.32 Å². The maximum absolute atomic E-state index is 12.5. The zero-order valence-electron chi connectivity index (χ0n) is 14.3. The highest BCUT2D eigenvalue weighted by Crippen LogP contribution is 2.18. The average Bonchev–Trinajstić information content (AvgIpc) is 2.88. The first-order valence-corrected chi connectivity index (χ1v) is 8.20. The van der Waals surface area contributed by atoms with E-state index in [0.717, 1.165) is 41.0 Å². The predicted octanol–water partition coefficient (Wildman–Crippen LogP) is 3.18. The highest BCUT2D eigenvalue weighted by molar-refractivity contribution is 6.06. The molecule has 5 heteroatoms. The predicted molar refractivity (Wildman–Crippen MR) is 95.1 cm³/mol. The number of carbonyl (C=O) groups excluding carboxylic acids is 1. The van der Waals surface area contributed by atoms with E-state index < -0.39 is 0 Å². The number of benzene rings is 1. The van der Waals surface area contributed by atoms with Crippen LogP contribution in [-0.4, -0.2) is 27.2 Å². The smallest absolute Gasteiger partial charge is 0.252 e. The van der Waals surface area contributed by atoms with Crippen LogP contribution in [0.2, 0.25) is 0 Å². The van der Waals surface area contributed by atoms with E-state index >= 15 is 0 Å². The molecule has 124 valence electrons. The van der Waals surface area contributed by atoms with Gasteiger partial charge in [0.1, 0.15) is 0 Å². The van der Waals surface area contributed by atoms with Gasteiger partial charge in [0.25, 0.3) is 5.91 Å². The summed E-state index contributed by atoms with van der Waals surface area (Å²) in [6.45, 7) is 7.36. The van der Waals surface area contributed by atoms with E-state index in [1.165, 1.54) is 0 Å². The van der Waals surface area contributed by atoms with Gasteiger partial charge in [0, 0.05) is 29.9 Å². The summed E-state index contributed by atoms with van der Waals surface area (Å²) >= 11 is 0. The molecule has 0 aliphatic rings. The van der Waals surface area contributed by atoms with E-state index in [9.17, 15) is 4.79 Å². The largest absolute Gasteiger partial charge is 0.352 e. The Kier molecular flexibility index (Phi) is 4.60. The van der Waals surface area contributed by atoms with Gasteiger partial charge in [-0.3, -0.25) is 14.5 Å². The lowest BCUT2D eigenvalue weighted by Crippen LogP contribution is -2.26. The van der Waals surface area contributed by atoms with Crippen LogP contribution in [0, 0.1) is 20.8 Å². The molecule has 0 unspecified atom stereocenters. The highest BCUT2D eigenvalue weighted by Gasteiger charge is 2.11. The molecule has 0 aliphatic heterocycles. The van der Waals surface area contributed by atoms with Crippen LogP contribution in [0.25, 0.3) is 10.9 Å². The van der Waals surface area contributed by atoms with Crippen molar-refractivity contribution in [2.24, 2.45) is 0 Å². The number of hydrogen-bond acceptors (Lipinski definition) is 3. The first-order chi connectivity index (χ1) is 11.5. The second-order valence-electron chi connectivity index (χ2n) is 6.09. The fourth-order valence-electron chi connectivity index (χ4n) is 2.92. The number of pyridine rings is 1. The third-order valence-corrected chi connectivity index (χ3v) is 4.02. The zero-order chi connectivity index (χ0) is 17.1. The van der Waals surface area contributed by atoms with Gasteiger partial charge in [-0.05, 0) is 45.4 Å². The maximum Gasteiger partial charge on any atom is 0.252 e.